The quantitative estimate of drug-likeness (QED) is 0.798. The summed E-state index contributed by atoms with van der Waals surface area (Å²) < 4.78 is 61.1. The van der Waals surface area contributed by atoms with Crippen LogP contribution in [-0.4, -0.2) is 49.5 Å². The van der Waals surface area contributed by atoms with Crippen LogP contribution in [0.1, 0.15) is 5.56 Å². The lowest BCUT2D eigenvalue weighted by molar-refractivity contribution is -0.177. The molecule has 0 aliphatic carbocycles. The summed E-state index contributed by atoms with van der Waals surface area (Å²) in [6, 6.07) is 4.94. The summed E-state index contributed by atoms with van der Waals surface area (Å²) in [5, 5.41) is 0. The van der Waals surface area contributed by atoms with E-state index in [-0.39, 0.29) is 19.8 Å². The van der Waals surface area contributed by atoms with E-state index in [1.807, 2.05) is 0 Å². The van der Waals surface area contributed by atoms with Crippen LogP contribution in [0.4, 0.5) is 17.6 Å². The highest BCUT2D eigenvalue weighted by atomic mass is 19.4. The second-order valence-corrected chi connectivity index (χ2v) is 4.87. The highest BCUT2D eigenvalue weighted by Gasteiger charge is 2.36. The first-order chi connectivity index (χ1) is 10.3. The van der Waals surface area contributed by atoms with Gasteiger partial charge in [-0.05, 0) is 17.7 Å². The second-order valence-electron chi connectivity index (χ2n) is 4.87. The van der Waals surface area contributed by atoms with Gasteiger partial charge < -0.3 is 14.4 Å². The van der Waals surface area contributed by atoms with Gasteiger partial charge in [-0.25, -0.2) is 4.39 Å². The van der Waals surface area contributed by atoms with Crippen molar-refractivity contribution in [3.63, 3.8) is 0 Å². The van der Waals surface area contributed by atoms with Crippen molar-refractivity contribution in [2.24, 2.45) is 0 Å². The maximum absolute atomic E-state index is 12.8. The van der Waals surface area contributed by atoms with Crippen molar-refractivity contribution in [2.45, 2.75) is 18.8 Å². The van der Waals surface area contributed by atoms with Gasteiger partial charge in [0.25, 0.3) is 5.91 Å². The summed E-state index contributed by atoms with van der Waals surface area (Å²) in [4.78, 5) is 12.8. The van der Waals surface area contributed by atoms with Gasteiger partial charge in [0.05, 0.1) is 19.8 Å². The minimum Gasteiger partial charge on any atom is -0.376 e. The Balaban J connectivity index is 2.10. The molecule has 2 rings (SSSR count). The Kier molecular flexibility index (Phi) is 5.36. The van der Waals surface area contributed by atoms with E-state index in [1.165, 1.54) is 12.1 Å². The fraction of sp³-hybridized carbons (Fsp3) is 0.500. The predicted octanol–water partition coefficient (Wildman–Crippen LogP) is 2.13. The summed E-state index contributed by atoms with van der Waals surface area (Å²) in [7, 11) is 0. The Morgan fingerprint density at radius 1 is 1.23 bits per heavy atom. The Morgan fingerprint density at radius 2 is 1.91 bits per heavy atom. The molecule has 0 bridgehead atoms. The Hall–Kier alpha value is -1.67. The minimum absolute atomic E-state index is 0.0728. The average Bonchev–Trinajstić information content (AvgIpc) is 2.48. The van der Waals surface area contributed by atoms with Crippen molar-refractivity contribution >= 4 is 5.91 Å². The van der Waals surface area contributed by atoms with E-state index >= 15 is 0 Å². The fourth-order valence-electron chi connectivity index (χ4n) is 2.07. The molecule has 0 spiro atoms. The van der Waals surface area contributed by atoms with Gasteiger partial charge in [0.2, 0.25) is 0 Å². The number of hydrogen-bond acceptors (Lipinski definition) is 3. The molecular formula is C14H15F4NO3. The van der Waals surface area contributed by atoms with Crippen molar-refractivity contribution in [3.05, 3.63) is 35.6 Å². The van der Waals surface area contributed by atoms with Gasteiger partial charge in [-0.2, -0.15) is 13.2 Å². The van der Waals surface area contributed by atoms with Crippen molar-refractivity contribution in [1.82, 2.24) is 4.90 Å². The molecule has 0 radical (unpaired) electrons. The third kappa shape index (κ3) is 4.96. The van der Waals surface area contributed by atoms with Crippen LogP contribution in [0.2, 0.25) is 0 Å². The summed E-state index contributed by atoms with van der Waals surface area (Å²) in [6.07, 6.45) is -5.58. The molecule has 1 aliphatic heterocycles. The zero-order valence-corrected chi connectivity index (χ0v) is 11.6. The fourth-order valence-corrected chi connectivity index (χ4v) is 2.07. The molecule has 1 fully saturated rings. The normalized spacial score (nSPS) is 19.0. The summed E-state index contributed by atoms with van der Waals surface area (Å²) in [6.45, 7) is -1.29. The van der Waals surface area contributed by atoms with Crippen LogP contribution < -0.4 is 0 Å². The van der Waals surface area contributed by atoms with E-state index in [1.54, 1.807) is 0 Å². The molecule has 1 aromatic rings. The lowest BCUT2D eigenvalue weighted by Gasteiger charge is -2.30. The number of ether oxygens (including phenoxy) is 2. The second kappa shape index (κ2) is 7.06. The van der Waals surface area contributed by atoms with Crippen LogP contribution in [0.5, 0.6) is 0 Å². The Morgan fingerprint density at radius 3 is 2.45 bits per heavy atom. The first-order valence-corrected chi connectivity index (χ1v) is 6.64. The number of carbonyl (C=O) groups excluding carboxylic acids is 1. The number of nitrogens with zero attached hydrogens (tertiary/aromatic N) is 1. The minimum atomic E-state index is -4.54. The molecule has 0 unspecified atom stereocenters. The number of halogens is 4. The lowest BCUT2D eigenvalue weighted by atomic mass is 10.2. The van der Waals surface area contributed by atoms with E-state index in [9.17, 15) is 22.4 Å². The van der Waals surface area contributed by atoms with Gasteiger partial charge in [0, 0.05) is 6.54 Å². The van der Waals surface area contributed by atoms with Gasteiger partial charge in [-0.3, -0.25) is 4.79 Å². The van der Waals surface area contributed by atoms with Crippen molar-refractivity contribution in [1.29, 1.82) is 0 Å². The molecule has 8 heteroatoms. The van der Waals surface area contributed by atoms with Gasteiger partial charge >= 0.3 is 6.18 Å². The maximum atomic E-state index is 12.8. The predicted molar refractivity (Wildman–Crippen MR) is 68.4 cm³/mol. The SMILES string of the molecule is O=C([C@@H]1COCCO1)N(Cc1ccc(F)cc1)CC(F)(F)F. The van der Waals surface area contributed by atoms with Crippen molar-refractivity contribution < 1.29 is 31.8 Å². The van der Waals surface area contributed by atoms with E-state index < -0.39 is 30.5 Å². The topological polar surface area (TPSA) is 38.8 Å². The van der Waals surface area contributed by atoms with Crippen LogP contribution >= 0.6 is 0 Å². The number of rotatable bonds is 4. The van der Waals surface area contributed by atoms with E-state index in [2.05, 4.69) is 0 Å². The van der Waals surface area contributed by atoms with E-state index in [0.29, 0.717) is 17.1 Å². The molecule has 1 saturated heterocycles. The smallest absolute Gasteiger partial charge is 0.376 e. The van der Waals surface area contributed by atoms with Gasteiger partial charge in [0.15, 0.2) is 6.10 Å². The van der Waals surface area contributed by atoms with Crippen molar-refractivity contribution in [3.8, 4) is 0 Å². The Bertz CT molecular complexity index is 498. The highest BCUT2D eigenvalue weighted by Crippen LogP contribution is 2.20. The standard InChI is InChI=1S/C14H15F4NO3/c15-11-3-1-10(2-4-11)7-19(9-14(16,17)18)13(20)12-8-21-5-6-22-12/h1-4,12H,5-9H2/t12-/m0/s1. The molecule has 0 saturated carbocycles. The molecule has 1 amide bonds. The number of alkyl halides is 3. The summed E-state index contributed by atoms with van der Waals surface area (Å²) in [5.74, 6) is -1.29. The Labute approximate surface area is 124 Å². The van der Waals surface area contributed by atoms with E-state index in [0.717, 1.165) is 12.1 Å². The number of amides is 1. The van der Waals surface area contributed by atoms with Crippen LogP contribution in [0.3, 0.4) is 0 Å². The molecule has 1 aromatic carbocycles. The summed E-state index contributed by atoms with van der Waals surface area (Å²) >= 11 is 0. The molecular weight excluding hydrogens is 306 g/mol. The zero-order chi connectivity index (χ0) is 16.2. The van der Waals surface area contributed by atoms with Crippen LogP contribution in [-0.2, 0) is 20.8 Å². The average molecular weight is 321 g/mol. The molecule has 122 valence electrons. The zero-order valence-electron chi connectivity index (χ0n) is 11.6. The van der Waals surface area contributed by atoms with E-state index in [4.69, 9.17) is 9.47 Å². The molecule has 1 heterocycles. The maximum Gasteiger partial charge on any atom is 0.406 e. The summed E-state index contributed by atoms with van der Waals surface area (Å²) in [5.41, 5.74) is 0.399. The van der Waals surface area contributed by atoms with Gasteiger partial charge in [0.1, 0.15) is 12.4 Å². The highest BCUT2D eigenvalue weighted by molar-refractivity contribution is 5.81. The third-order valence-corrected chi connectivity index (χ3v) is 3.06. The van der Waals surface area contributed by atoms with Gasteiger partial charge in [-0.1, -0.05) is 12.1 Å². The molecule has 0 aromatic heterocycles. The van der Waals surface area contributed by atoms with Gasteiger partial charge in [-0.15, -0.1) is 0 Å². The lowest BCUT2D eigenvalue weighted by Crippen LogP contribution is -2.48. The number of benzene rings is 1. The molecule has 1 aliphatic rings. The third-order valence-electron chi connectivity index (χ3n) is 3.06. The molecule has 1 atom stereocenters. The number of carbonyl (C=O) groups is 1. The largest absolute Gasteiger partial charge is 0.406 e. The van der Waals surface area contributed by atoms with Crippen LogP contribution in [0.15, 0.2) is 24.3 Å². The van der Waals surface area contributed by atoms with Crippen LogP contribution in [0.25, 0.3) is 0 Å². The molecule has 22 heavy (non-hydrogen) atoms. The van der Waals surface area contributed by atoms with Crippen LogP contribution in [0, 0.1) is 5.82 Å². The first kappa shape index (κ1) is 16.7. The first-order valence-electron chi connectivity index (χ1n) is 6.64. The van der Waals surface area contributed by atoms with Crippen molar-refractivity contribution in [2.75, 3.05) is 26.4 Å². The molecule has 0 N–H and O–H groups in total. The molecule has 4 nitrogen and oxygen atoms in total. The monoisotopic (exact) mass is 321 g/mol. The number of hydrogen-bond donors (Lipinski definition) is 0.